The zero-order chi connectivity index (χ0) is 17.1. The highest BCUT2D eigenvalue weighted by molar-refractivity contribution is 5.23. The Bertz CT molecular complexity index is 671. The van der Waals surface area contributed by atoms with Gasteiger partial charge in [-0.1, -0.05) is 19.3 Å². The minimum absolute atomic E-state index is 0.0952. The Labute approximate surface area is 148 Å². The lowest BCUT2D eigenvalue weighted by atomic mass is 9.94. The number of benzene rings is 1. The van der Waals surface area contributed by atoms with E-state index in [1.165, 1.54) is 43.4 Å². The van der Waals surface area contributed by atoms with Gasteiger partial charge in [-0.05, 0) is 66.8 Å². The third kappa shape index (κ3) is 3.59. The van der Waals surface area contributed by atoms with Crippen LogP contribution in [0.25, 0.3) is 0 Å². The minimum atomic E-state index is -0.192. The van der Waals surface area contributed by atoms with Crippen LogP contribution in [0, 0.1) is 5.82 Å². The number of hydrogen-bond acceptors (Lipinski definition) is 3. The first-order valence-corrected chi connectivity index (χ1v) is 9.71. The van der Waals surface area contributed by atoms with Gasteiger partial charge in [-0.15, -0.1) is 5.10 Å². The van der Waals surface area contributed by atoms with Crippen LogP contribution < -0.4 is 4.90 Å². The van der Waals surface area contributed by atoms with Gasteiger partial charge in [0.2, 0.25) is 5.82 Å². The van der Waals surface area contributed by atoms with Crippen molar-refractivity contribution in [2.24, 2.45) is 0 Å². The molecule has 2 aliphatic rings. The molecule has 1 saturated heterocycles. The summed E-state index contributed by atoms with van der Waals surface area (Å²) < 4.78 is 15.5. The fourth-order valence-electron chi connectivity index (χ4n) is 4.49. The normalized spacial score (nSPS) is 21.3. The predicted molar refractivity (Wildman–Crippen MR) is 92.7 cm³/mol. The van der Waals surface area contributed by atoms with Crippen molar-refractivity contribution in [3.05, 3.63) is 41.5 Å². The summed E-state index contributed by atoms with van der Waals surface area (Å²) >= 11 is 0. The average Bonchev–Trinajstić information content (AvgIpc) is 3.14. The molecule has 1 aromatic carbocycles. The van der Waals surface area contributed by atoms with E-state index in [1.54, 1.807) is 12.1 Å². The van der Waals surface area contributed by atoms with Gasteiger partial charge in [0.15, 0.2) is 6.04 Å². The van der Waals surface area contributed by atoms with Gasteiger partial charge in [0, 0.05) is 5.56 Å². The molecular formula is C19H27FN5+. The maximum atomic E-state index is 13.5. The summed E-state index contributed by atoms with van der Waals surface area (Å²) in [7, 11) is 0. The molecule has 2 fully saturated rings. The van der Waals surface area contributed by atoms with E-state index in [1.807, 2.05) is 12.1 Å². The number of aromatic nitrogens is 4. The van der Waals surface area contributed by atoms with Crippen molar-refractivity contribution >= 4 is 0 Å². The van der Waals surface area contributed by atoms with Crippen molar-refractivity contribution in [3.63, 3.8) is 0 Å². The number of piperidine rings is 1. The summed E-state index contributed by atoms with van der Waals surface area (Å²) in [6, 6.07) is 7.42. The molecule has 6 heteroatoms. The molecule has 4 rings (SSSR count). The van der Waals surface area contributed by atoms with Crippen molar-refractivity contribution in [2.75, 3.05) is 13.1 Å². The van der Waals surface area contributed by atoms with Crippen LogP contribution in [0.5, 0.6) is 0 Å². The lowest BCUT2D eigenvalue weighted by Gasteiger charge is -2.32. The number of halogens is 1. The van der Waals surface area contributed by atoms with Crippen molar-refractivity contribution in [1.82, 2.24) is 20.2 Å². The first kappa shape index (κ1) is 16.6. The maximum Gasteiger partial charge on any atom is 0.214 e. The number of quaternary nitrogens is 1. The van der Waals surface area contributed by atoms with Gasteiger partial charge < -0.3 is 4.90 Å². The molecule has 0 bridgehead atoms. The minimum Gasteiger partial charge on any atom is -0.322 e. The van der Waals surface area contributed by atoms with Crippen molar-refractivity contribution in [3.8, 4) is 0 Å². The first-order valence-electron chi connectivity index (χ1n) is 9.71. The van der Waals surface area contributed by atoms with Gasteiger partial charge in [-0.3, -0.25) is 0 Å². The average molecular weight is 344 g/mol. The van der Waals surface area contributed by atoms with Gasteiger partial charge in [0.05, 0.1) is 19.1 Å². The molecule has 1 N–H and O–H groups in total. The molecule has 1 aromatic heterocycles. The van der Waals surface area contributed by atoms with Gasteiger partial charge in [-0.25, -0.2) is 9.07 Å². The van der Waals surface area contributed by atoms with Gasteiger partial charge in [0.1, 0.15) is 5.82 Å². The Morgan fingerprint density at radius 2 is 1.64 bits per heavy atom. The number of rotatable bonds is 4. The van der Waals surface area contributed by atoms with Crippen LogP contribution in [0.4, 0.5) is 4.39 Å². The molecule has 25 heavy (non-hydrogen) atoms. The van der Waals surface area contributed by atoms with Crippen LogP contribution in [-0.2, 0) is 0 Å². The predicted octanol–water partition coefficient (Wildman–Crippen LogP) is 2.48. The van der Waals surface area contributed by atoms with E-state index in [0.717, 1.165) is 37.3 Å². The van der Waals surface area contributed by atoms with E-state index >= 15 is 0 Å². The summed E-state index contributed by atoms with van der Waals surface area (Å²) in [5.41, 5.74) is 1.12. The second-order valence-corrected chi connectivity index (χ2v) is 7.48. The van der Waals surface area contributed by atoms with E-state index in [0.29, 0.717) is 6.04 Å². The zero-order valence-electron chi connectivity index (χ0n) is 14.7. The Kier molecular flexibility index (Phi) is 5.06. The van der Waals surface area contributed by atoms with Crippen molar-refractivity contribution < 1.29 is 9.29 Å². The van der Waals surface area contributed by atoms with Crippen LogP contribution in [0.2, 0.25) is 0 Å². The molecule has 0 amide bonds. The summed E-state index contributed by atoms with van der Waals surface area (Å²) in [6.07, 6.45) is 9.90. The highest BCUT2D eigenvalue weighted by Crippen LogP contribution is 2.30. The van der Waals surface area contributed by atoms with Crippen LogP contribution in [-0.4, -0.2) is 33.3 Å². The van der Waals surface area contributed by atoms with Crippen molar-refractivity contribution in [1.29, 1.82) is 0 Å². The number of tetrazole rings is 1. The quantitative estimate of drug-likeness (QED) is 0.927. The lowest BCUT2D eigenvalue weighted by molar-refractivity contribution is -0.931. The van der Waals surface area contributed by atoms with Gasteiger partial charge in [-0.2, -0.15) is 0 Å². The summed E-state index contributed by atoms with van der Waals surface area (Å²) in [5, 5.41) is 12.9. The second kappa shape index (κ2) is 7.60. The number of likely N-dealkylation sites (tertiary alicyclic amines) is 1. The molecule has 2 aromatic rings. The topological polar surface area (TPSA) is 48.0 Å². The Hall–Kier alpha value is -1.82. The van der Waals surface area contributed by atoms with Crippen LogP contribution in [0.1, 0.15) is 74.8 Å². The molecule has 1 saturated carbocycles. The molecule has 1 aliphatic heterocycles. The molecule has 0 unspecified atom stereocenters. The fraction of sp³-hybridized carbons (Fsp3) is 0.632. The monoisotopic (exact) mass is 344 g/mol. The Balaban J connectivity index is 1.70. The third-order valence-electron chi connectivity index (χ3n) is 5.80. The molecule has 2 heterocycles. The van der Waals surface area contributed by atoms with Crippen LogP contribution in [0.15, 0.2) is 24.3 Å². The van der Waals surface area contributed by atoms with E-state index in [-0.39, 0.29) is 11.9 Å². The van der Waals surface area contributed by atoms with E-state index in [9.17, 15) is 4.39 Å². The van der Waals surface area contributed by atoms with E-state index < -0.39 is 0 Å². The van der Waals surface area contributed by atoms with Gasteiger partial charge >= 0.3 is 0 Å². The summed E-state index contributed by atoms with van der Waals surface area (Å²) in [5.74, 6) is 0.762. The van der Waals surface area contributed by atoms with Crippen molar-refractivity contribution in [2.45, 2.75) is 63.5 Å². The first-order chi connectivity index (χ1) is 12.3. The number of nitrogens with zero attached hydrogens (tertiary/aromatic N) is 4. The van der Waals surface area contributed by atoms with Crippen LogP contribution >= 0.6 is 0 Å². The van der Waals surface area contributed by atoms with Gasteiger partial charge in [0.25, 0.3) is 0 Å². The molecule has 1 atom stereocenters. The smallest absolute Gasteiger partial charge is 0.214 e. The molecule has 5 nitrogen and oxygen atoms in total. The summed E-state index contributed by atoms with van der Waals surface area (Å²) in [4.78, 5) is 1.50. The lowest BCUT2D eigenvalue weighted by Crippen LogP contribution is -3.13. The second-order valence-electron chi connectivity index (χ2n) is 7.48. The Morgan fingerprint density at radius 1 is 0.960 bits per heavy atom. The van der Waals surface area contributed by atoms with Crippen LogP contribution in [0.3, 0.4) is 0 Å². The highest BCUT2D eigenvalue weighted by atomic mass is 19.1. The standard InChI is InChI=1S/C19H26FN5/c20-16-11-9-15(10-12-16)18(24-13-5-2-6-14-24)19-21-22-23-25(19)17-7-3-1-4-8-17/h9-12,17-18H,1-8,13-14H2/p+1/t18-/m0/s1. The molecular weight excluding hydrogens is 317 g/mol. The SMILES string of the molecule is Fc1ccc([C@@H](c2nnnn2C2CCCCC2)[NH+]2CCCCC2)cc1. The maximum absolute atomic E-state index is 13.5. The highest BCUT2D eigenvalue weighted by Gasteiger charge is 2.34. The molecule has 1 aliphatic carbocycles. The van der Waals surface area contributed by atoms with E-state index in [4.69, 9.17) is 0 Å². The largest absolute Gasteiger partial charge is 0.322 e. The molecule has 0 spiro atoms. The third-order valence-corrected chi connectivity index (χ3v) is 5.80. The Morgan fingerprint density at radius 3 is 2.36 bits per heavy atom. The molecule has 134 valence electrons. The fourth-order valence-corrected chi connectivity index (χ4v) is 4.49. The van der Waals surface area contributed by atoms with E-state index in [2.05, 4.69) is 20.2 Å². The number of hydrogen-bond donors (Lipinski definition) is 1. The molecule has 0 radical (unpaired) electrons. The number of nitrogens with one attached hydrogen (secondary N) is 1. The summed E-state index contributed by atoms with van der Waals surface area (Å²) in [6.45, 7) is 2.25. The zero-order valence-corrected chi connectivity index (χ0v) is 14.7.